The van der Waals surface area contributed by atoms with Gasteiger partial charge in [0.1, 0.15) is 12.9 Å². The first-order chi connectivity index (χ1) is 6.90. The van der Waals surface area contributed by atoms with Crippen molar-refractivity contribution in [2.45, 2.75) is 13.5 Å². The third-order valence-electron chi connectivity index (χ3n) is 1.79. The molecule has 0 aromatic carbocycles. The molecule has 5 heteroatoms. The van der Waals surface area contributed by atoms with Crippen molar-refractivity contribution >= 4 is 5.65 Å². The highest BCUT2D eigenvalue weighted by Gasteiger charge is 1.98. The van der Waals surface area contributed by atoms with Gasteiger partial charge < -0.3 is 0 Å². The van der Waals surface area contributed by atoms with Crippen molar-refractivity contribution in [1.82, 2.24) is 14.6 Å². The molecule has 0 bridgehead atoms. The van der Waals surface area contributed by atoms with Gasteiger partial charge in [-0.2, -0.15) is 0 Å². The Morgan fingerprint density at radius 1 is 1.43 bits per heavy atom. The van der Waals surface area contributed by atoms with Crippen LogP contribution in [0.2, 0.25) is 0 Å². The highest BCUT2D eigenvalue weighted by Crippen LogP contribution is 2.05. The summed E-state index contributed by atoms with van der Waals surface area (Å²) < 4.78 is 1.84. The number of hydrogen-bond acceptors (Lipinski definition) is 4. The van der Waals surface area contributed by atoms with Crippen LogP contribution in [0.1, 0.15) is 12.5 Å². The lowest BCUT2D eigenvalue weighted by Gasteiger charge is -2.01. The molecule has 0 amide bonds. The Labute approximate surface area is 81.2 Å². The summed E-state index contributed by atoms with van der Waals surface area (Å²) in [6.45, 7) is 2.85. The van der Waals surface area contributed by atoms with Gasteiger partial charge in [-0.1, -0.05) is 0 Å². The average Bonchev–Trinajstić information content (AvgIpc) is 2.65. The normalized spacial score (nSPS) is 10.9. The summed E-state index contributed by atoms with van der Waals surface area (Å²) in [5.41, 5.74) is 1.82. The number of pyridine rings is 1. The molecule has 2 aromatic rings. The van der Waals surface area contributed by atoms with E-state index in [4.69, 9.17) is 9.78 Å². The third kappa shape index (κ3) is 1.89. The molecule has 2 heterocycles. The molecule has 2 rings (SSSR count). The molecular formula is C9H11N3O2. The fourth-order valence-corrected chi connectivity index (χ4v) is 1.14. The maximum Gasteiger partial charge on any atom is 0.160 e. The number of rotatable bonds is 4. The standard InChI is InChI=1S/C9H11N3O2/c1-2-13-14-6-8-3-4-12-7-10-11-9(12)5-8/h3-5,7H,2,6H2,1H3. The van der Waals surface area contributed by atoms with Gasteiger partial charge in [-0.15, -0.1) is 10.2 Å². The molecular weight excluding hydrogens is 182 g/mol. The van der Waals surface area contributed by atoms with Crippen molar-refractivity contribution in [3.05, 3.63) is 30.2 Å². The molecule has 0 spiro atoms. The predicted molar refractivity (Wildman–Crippen MR) is 49.4 cm³/mol. The number of nitrogens with zero attached hydrogens (tertiary/aromatic N) is 3. The first kappa shape index (κ1) is 9.11. The van der Waals surface area contributed by atoms with Crippen LogP contribution in [-0.2, 0) is 16.4 Å². The zero-order valence-electron chi connectivity index (χ0n) is 7.88. The lowest BCUT2D eigenvalue weighted by Crippen LogP contribution is -1.95. The van der Waals surface area contributed by atoms with E-state index in [1.54, 1.807) is 6.33 Å². The highest BCUT2D eigenvalue weighted by atomic mass is 17.2. The Morgan fingerprint density at radius 2 is 2.36 bits per heavy atom. The minimum absolute atomic E-state index is 0.428. The van der Waals surface area contributed by atoms with Gasteiger partial charge in [0.15, 0.2) is 5.65 Å². The number of fused-ring (bicyclic) bond motifs is 1. The Balaban J connectivity index is 2.10. The van der Waals surface area contributed by atoms with Gasteiger partial charge in [-0.05, 0) is 24.6 Å². The Kier molecular flexibility index (Phi) is 2.71. The zero-order valence-corrected chi connectivity index (χ0v) is 7.88. The van der Waals surface area contributed by atoms with Crippen molar-refractivity contribution in [1.29, 1.82) is 0 Å². The van der Waals surface area contributed by atoms with Gasteiger partial charge in [-0.3, -0.25) is 4.40 Å². The molecule has 0 saturated heterocycles. The van der Waals surface area contributed by atoms with Crippen LogP contribution >= 0.6 is 0 Å². The van der Waals surface area contributed by atoms with Gasteiger partial charge >= 0.3 is 0 Å². The fourth-order valence-electron chi connectivity index (χ4n) is 1.14. The lowest BCUT2D eigenvalue weighted by atomic mass is 10.3. The summed E-state index contributed by atoms with van der Waals surface area (Å²) in [6.07, 6.45) is 3.54. The van der Waals surface area contributed by atoms with Crippen LogP contribution in [0.15, 0.2) is 24.7 Å². The minimum atomic E-state index is 0.428. The fraction of sp³-hybridized carbons (Fsp3) is 0.333. The van der Waals surface area contributed by atoms with Crippen LogP contribution in [0.4, 0.5) is 0 Å². The van der Waals surface area contributed by atoms with Crippen molar-refractivity contribution in [2.75, 3.05) is 6.61 Å². The Morgan fingerprint density at radius 3 is 3.21 bits per heavy atom. The van der Waals surface area contributed by atoms with Crippen LogP contribution in [0, 0.1) is 0 Å². The van der Waals surface area contributed by atoms with E-state index in [1.165, 1.54) is 0 Å². The van der Waals surface area contributed by atoms with E-state index < -0.39 is 0 Å². The van der Waals surface area contributed by atoms with E-state index in [0.717, 1.165) is 11.2 Å². The van der Waals surface area contributed by atoms with Crippen molar-refractivity contribution < 1.29 is 9.78 Å². The molecule has 0 aliphatic carbocycles. The van der Waals surface area contributed by atoms with E-state index in [0.29, 0.717) is 13.2 Å². The molecule has 5 nitrogen and oxygen atoms in total. The summed E-state index contributed by atoms with van der Waals surface area (Å²) in [5, 5.41) is 7.70. The quantitative estimate of drug-likeness (QED) is 0.416. The number of hydrogen-bond donors (Lipinski definition) is 0. The van der Waals surface area contributed by atoms with E-state index in [2.05, 4.69) is 10.2 Å². The van der Waals surface area contributed by atoms with Gasteiger partial charge in [0.05, 0.1) is 6.61 Å². The molecule has 0 atom stereocenters. The van der Waals surface area contributed by atoms with Gasteiger partial charge in [0, 0.05) is 6.20 Å². The first-order valence-corrected chi connectivity index (χ1v) is 4.43. The molecule has 0 aliphatic heterocycles. The first-order valence-electron chi connectivity index (χ1n) is 4.43. The van der Waals surface area contributed by atoms with Crippen LogP contribution < -0.4 is 0 Å². The van der Waals surface area contributed by atoms with E-state index in [-0.39, 0.29) is 0 Å². The van der Waals surface area contributed by atoms with Crippen LogP contribution in [0.25, 0.3) is 5.65 Å². The highest BCUT2D eigenvalue weighted by molar-refractivity contribution is 5.39. The molecule has 2 aromatic heterocycles. The van der Waals surface area contributed by atoms with E-state index in [1.807, 2.05) is 29.7 Å². The van der Waals surface area contributed by atoms with E-state index in [9.17, 15) is 0 Å². The van der Waals surface area contributed by atoms with Gasteiger partial charge in [-0.25, -0.2) is 9.78 Å². The molecule has 0 aliphatic rings. The zero-order chi connectivity index (χ0) is 9.80. The second kappa shape index (κ2) is 4.17. The van der Waals surface area contributed by atoms with Crippen molar-refractivity contribution in [2.24, 2.45) is 0 Å². The predicted octanol–water partition coefficient (Wildman–Crippen LogP) is 1.20. The Bertz CT molecular complexity index is 413. The summed E-state index contributed by atoms with van der Waals surface area (Å²) >= 11 is 0. The average molecular weight is 193 g/mol. The summed E-state index contributed by atoms with van der Waals surface area (Å²) in [4.78, 5) is 9.73. The van der Waals surface area contributed by atoms with Gasteiger partial charge in [0.2, 0.25) is 0 Å². The summed E-state index contributed by atoms with van der Waals surface area (Å²) in [6, 6.07) is 3.85. The van der Waals surface area contributed by atoms with Crippen molar-refractivity contribution in [3.63, 3.8) is 0 Å². The molecule has 0 unspecified atom stereocenters. The van der Waals surface area contributed by atoms with Gasteiger partial charge in [0.25, 0.3) is 0 Å². The smallest absolute Gasteiger partial charge is 0.160 e. The molecule has 0 saturated carbocycles. The molecule has 74 valence electrons. The molecule has 0 fully saturated rings. The molecule has 0 N–H and O–H groups in total. The largest absolute Gasteiger partial charge is 0.289 e. The Hall–Kier alpha value is -1.46. The van der Waals surface area contributed by atoms with E-state index >= 15 is 0 Å². The van der Waals surface area contributed by atoms with Crippen molar-refractivity contribution in [3.8, 4) is 0 Å². The maximum absolute atomic E-state index is 4.94. The molecule has 0 radical (unpaired) electrons. The van der Waals surface area contributed by atoms with Crippen LogP contribution in [-0.4, -0.2) is 21.2 Å². The SMILES string of the molecule is CCOOCc1ccn2cnnc2c1. The number of aromatic nitrogens is 3. The van der Waals surface area contributed by atoms with Crippen LogP contribution in [0.5, 0.6) is 0 Å². The van der Waals surface area contributed by atoms with Crippen LogP contribution in [0.3, 0.4) is 0 Å². The third-order valence-corrected chi connectivity index (χ3v) is 1.79. The topological polar surface area (TPSA) is 48.7 Å². The minimum Gasteiger partial charge on any atom is -0.289 e. The second-order valence-electron chi connectivity index (χ2n) is 2.80. The maximum atomic E-state index is 4.94. The molecule has 14 heavy (non-hydrogen) atoms. The summed E-state index contributed by atoms with van der Waals surface area (Å²) in [7, 11) is 0. The summed E-state index contributed by atoms with van der Waals surface area (Å²) in [5.74, 6) is 0. The second-order valence-corrected chi connectivity index (χ2v) is 2.80. The monoisotopic (exact) mass is 193 g/mol. The lowest BCUT2D eigenvalue weighted by molar-refractivity contribution is -0.300.